The number of carboxylic acid groups (broad SMARTS) is 1. The fraction of sp³-hybridized carbons (Fsp3) is 0.600. The Bertz CT molecular complexity index is 354. The van der Waals surface area contributed by atoms with E-state index in [0.29, 0.717) is 32.4 Å². The summed E-state index contributed by atoms with van der Waals surface area (Å²) >= 11 is 0. The molecule has 0 radical (unpaired) electrons. The molecule has 0 aromatic rings. The number of hydrogen-bond acceptors (Lipinski definition) is 2. The first kappa shape index (κ1) is 15.5. The van der Waals surface area contributed by atoms with Crippen LogP contribution in [0, 0.1) is 17.8 Å². The highest BCUT2D eigenvalue weighted by atomic mass is 16.4. The van der Waals surface area contributed by atoms with Gasteiger partial charge in [0, 0.05) is 19.0 Å². The summed E-state index contributed by atoms with van der Waals surface area (Å²) in [5.41, 5.74) is 0. The Morgan fingerprint density at radius 2 is 1.95 bits per heavy atom. The fourth-order valence-corrected chi connectivity index (χ4v) is 2.67. The summed E-state index contributed by atoms with van der Waals surface area (Å²) in [6, 6.07) is 0. The Morgan fingerprint density at radius 1 is 1.37 bits per heavy atom. The van der Waals surface area contributed by atoms with Gasteiger partial charge >= 0.3 is 5.97 Å². The molecule has 1 aliphatic rings. The summed E-state index contributed by atoms with van der Waals surface area (Å²) in [6.45, 7) is 10.3. The predicted octanol–water partition coefficient (Wildman–Crippen LogP) is 2.32. The van der Waals surface area contributed by atoms with E-state index >= 15 is 0 Å². The smallest absolute Gasteiger partial charge is 0.306 e. The van der Waals surface area contributed by atoms with E-state index in [9.17, 15) is 9.59 Å². The SMILES string of the molecule is C=CCC(CC=C)C(=O)N1CCC(C(=O)O)C(C)C1. The van der Waals surface area contributed by atoms with Crippen LogP contribution < -0.4 is 0 Å². The first-order chi connectivity index (χ1) is 9.01. The number of piperidine rings is 1. The number of nitrogens with zero attached hydrogens (tertiary/aromatic N) is 1. The topological polar surface area (TPSA) is 57.6 Å². The lowest BCUT2D eigenvalue weighted by Crippen LogP contribution is -2.47. The molecule has 2 unspecified atom stereocenters. The molecule has 0 aliphatic carbocycles. The molecule has 106 valence electrons. The van der Waals surface area contributed by atoms with E-state index in [4.69, 9.17) is 5.11 Å². The Kier molecular flexibility index (Phi) is 5.80. The lowest BCUT2D eigenvalue weighted by Gasteiger charge is -2.36. The van der Waals surface area contributed by atoms with Crippen LogP contribution in [0.3, 0.4) is 0 Å². The maximum absolute atomic E-state index is 12.4. The number of likely N-dealkylation sites (tertiary alicyclic amines) is 1. The Morgan fingerprint density at radius 3 is 2.37 bits per heavy atom. The van der Waals surface area contributed by atoms with E-state index in [1.165, 1.54) is 0 Å². The molecule has 1 amide bonds. The summed E-state index contributed by atoms with van der Waals surface area (Å²) in [4.78, 5) is 25.2. The summed E-state index contributed by atoms with van der Waals surface area (Å²) in [6.07, 6.45) is 5.31. The second-order valence-corrected chi connectivity index (χ2v) is 5.24. The molecule has 19 heavy (non-hydrogen) atoms. The third-order valence-corrected chi connectivity index (χ3v) is 3.79. The maximum atomic E-state index is 12.4. The van der Waals surface area contributed by atoms with Crippen molar-refractivity contribution in [3.63, 3.8) is 0 Å². The van der Waals surface area contributed by atoms with Crippen molar-refractivity contribution >= 4 is 11.9 Å². The molecule has 1 N–H and O–H groups in total. The van der Waals surface area contributed by atoms with E-state index in [0.717, 1.165) is 0 Å². The largest absolute Gasteiger partial charge is 0.481 e. The van der Waals surface area contributed by atoms with Crippen molar-refractivity contribution in [3.8, 4) is 0 Å². The van der Waals surface area contributed by atoms with Gasteiger partial charge in [0.1, 0.15) is 0 Å². The van der Waals surface area contributed by atoms with Gasteiger partial charge in [-0.05, 0) is 25.2 Å². The molecule has 0 spiro atoms. The third kappa shape index (κ3) is 3.94. The molecule has 0 bridgehead atoms. The zero-order valence-corrected chi connectivity index (χ0v) is 11.5. The molecule has 1 saturated heterocycles. The van der Waals surface area contributed by atoms with E-state index in [-0.39, 0.29) is 23.7 Å². The standard InChI is InChI=1S/C15H23NO3/c1-4-6-12(7-5-2)14(17)16-9-8-13(15(18)19)11(3)10-16/h4-5,11-13H,1-2,6-10H2,3H3,(H,18,19). The first-order valence-corrected chi connectivity index (χ1v) is 6.74. The molecule has 1 rings (SSSR count). The molecule has 1 aliphatic heterocycles. The molecule has 0 aromatic carbocycles. The molecule has 4 heteroatoms. The van der Waals surface area contributed by atoms with Gasteiger partial charge in [0.15, 0.2) is 0 Å². The number of carbonyl (C=O) groups is 2. The van der Waals surface area contributed by atoms with E-state index < -0.39 is 5.97 Å². The monoisotopic (exact) mass is 265 g/mol. The van der Waals surface area contributed by atoms with E-state index in [1.54, 1.807) is 17.1 Å². The van der Waals surface area contributed by atoms with Crippen LogP contribution in [0.2, 0.25) is 0 Å². The van der Waals surface area contributed by atoms with Crippen LogP contribution >= 0.6 is 0 Å². The number of carbonyl (C=O) groups excluding carboxylic acids is 1. The highest BCUT2D eigenvalue weighted by Crippen LogP contribution is 2.25. The van der Waals surface area contributed by atoms with Crippen molar-refractivity contribution < 1.29 is 14.7 Å². The van der Waals surface area contributed by atoms with Gasteiger partial charge in [0.05, 0.1) is 5.92 Å². The minimum atomic E-state index is -0.756. The quantitative estimate of drug-likeness (QED) is 0.750. The van der Waals surface area contributed by atoms with Crippen molar-refractivity contribution in [1.29, 1.82) is 0 Å². The van der Waals surface area contributed by atoms with Gasteiger partial charge in [-0.25, -0.2) is 0 Å². The number of carboxylic acids is 1. The van der Waals surface area contributed by atoms with Crippen LogP contribution in [0.4, 0.5) is 0 Å². The van der Waals surface area contributed by atoms with Gasteiger partial charge in [-0.1, -0.05) is 19.1 Å². The summed E-state index contributed by atoms with van der Waals surface area (Å²) in [5, 5.41) is 9.08. The minimum absolute atomic E-state index is 0.00307. The second kappa shape index (κ2) is 7.12. The second-order valence-electron chi connectivity index (χ2n) is 5.24. The van der Waals surface area contributed by atoms with Gasteiger partial charge in [0.25, 0.3) is 0 Å². The average molecular weight is 265 g/mol. The molecule has 0 saturated carbocycles. The molecule has 2 atom stereocenters. The maximum Gasteiger partial charge on any atom is 0.306 e. The van der Waals surface area contributed by atoms with Crippen molar-refractivity contribution in [3.05, 3.63) is 25.3 Å². The number of amides is 1. The number of allylic oxidation sites excluding steroid dienone is 2. The average Bonchev–Trinajstić information content (AvgIpc) is 2.37. The molecule has 4 nitrogen and oxygen atoms in total. The van der Waals surface area contributed by atoms with Crippen LogP contribution in [0.15, 0.2) is 25.3 Å². The van der Waals surface area contributed by atoms with Crippen LogP contribution in [0.1, 0.15) is 26.2 Å². The van der Waals surface area contributed by atoms with Crippen molar-refractivity contribution in [2.75, 3.05) is 13.1 Å². The van der Waals surface area contributed by atoms with Crippen molar-refractivity contribution in [2.24, 2.45) is 17.8 Å². The van der Waals surface area contributed by atoms with Gasteiger partial charge in [-0.15, -0.1) is 13.2 Å². The van der Waals surface area contributed by atoms with Gasteiger partial charge in [-0.3, -0.25) is 9.59 Å². The first-order valence-electron chi connectivity index (χ1n) is 6.74. The normalized spacial score (nSPS) is 23.2. The zero-order chi connectivity index (χ0) is 14.4. The number of hydrogen-bond donors (Lipinski definition) is 1. The highest BCUT2D eigenvalue weighted by molar-refractivity contribution is 5.80. The van der Waals surface area contributed by atoms with Gasteiger partial charge < -0.3 is 10.0 Å². The predicted molar refractivity (Wildman–Crippen MR) is 74.6 cm³/mol. The van der Waals surface area contributed by atoms with Crippen molar-refractivity contribution in [1.82, 2.24) is 4.90 Å². The van der Waals surface area contributed by atoms with E-state index in [2.05, 4.69) is 13.2 Å². The number of rotatable bonds is 6. The van der Waals surface area contributed by atoms with Gasteiger partial charge in [-0.2, -0.15) is 0 Å². The van der Waals surface area contributed by atoms with Gasteiger partial charge in [0.2, 0.25) is 5.91 Å². The molecule has 1 fully saturated rings. The lowest BCUT2D eigenvalue weighted by molar-refractivity contribution is -0.149. The third-order valence-electron chi connectivity index (χ3n) is 3.79. The summed E-state index contributed by atoms with van der Waals surface area (Å²) in [5.74, 6) is -1.10. The summed E-state index contributed by atoms with van der Waals surface area (Å²) < 4.78 is 0. The lowest BCUT2D eigenvalue weighted by atomic mass is 9.86. The molecular formula is C15H23NO3. The van der Waals surface area contributed by atoms with E-state index in [1.807, 2.05) is 6.92 Å². The molecule has 1 heterocycles. The minimum Gasteiger partial charge on any atom is -0.481 e. The highest BCUT2D eigenvalue weighted by Gasteiger charge is 2.34. The van der Waals surface area contributed by atoms with Crippen LogP contribution in [-0.2, 0) is 9.59 Å². The molecular weight excluding hydrogens is 242 g/mol. The van der Waals surface area contributed by atoms with Crippen LogP contribution in [-0.4, -0.2) is 35.0 Å². The van der Waals surface area contributed by atoms with Crippen LogP contribution in [0.25, 0.3) is 0 Å². The summed E-state index contributed by atoms with van der Waals surface area (Å²) in [7, 11) is 0. The van der Waals surface area contributed by atoms with Crippen LogP contribution in [0.5, 0.6) is 0 Å². The molecule has 0 aromatic heterocycles. The van der Waals surface area contributed by atoms with Crippen molar-refractivity contribution in [2.45, 2.75) is 26.2 Å². The Labute approximate surface area is 114 Å². The Hall–Kier alpha value is -1.58. The fourth-order valence-electron chi connectivity index (χ4n) is 2.67. The Balaban J connectivity index is 2.65. The zero-order valence-electron chi connectivity index (χ0n) is 11.5. The number of aliphatic carboxylic acids is 1.